The van der Waals surface area contributed by atoms with Crippen molar-refractivity contribution in [3.8, 4) is 0 Å². The van der Waals surface area contributed by atoms with Gasteiger partial charge in [-0.15, -0.1) is 0 Å². The molecule has 0 aromatic carbocycles. The molecule has 0 aromatic rings. The summed E-state index contributed by atoms with van der Waals surface area (Å²) < 4.78 is 0. The molecule has 66 valence electrons. The molecule has 0 spiro atoms. The lowest BCUT2D eigenvalue weighted by atomic mass is 9.76. The minimum atomic E-state index is 0.130. The summed E-state index contributed by atoms with van der Waals surface area (Å²) in [5, 5.41) is 11.7. The molecule has 0 heterocycles. The number of aliphatic hydroxyl groups is 1. The molecule has 1 fully saturated rings. The molecule has 0 unspecified atom stereocenters. The van der Waals surface area contributed by atoms with Crippen LogP contribution in [-0.2, 0) is 0 Å². The second-order valence-electron chi connectivity index (χ2n) is 4.30. The Bertz CT molecular complexity index is 113. The van der Waals surface area contributed by atoms with Crippen LogP contribution in [-0.4, -0.2) is 17.9 Å². The van der Waals surface area contributed by atoms with E-state index in [1.807, 2.05) is 0 Å². The summed E-state index contributed by atoms with van der Waals surface area (Å²) in [6.45, 7) is 4.77. The van der Waals surface area contributed by atoms with Crippen LogP contribution < -0.4 is 5.32 Å². The Labute approximate surface area is 69.0 Å². The summed E-state index contributed by atoms with van der Waals surface area (Å²) in [6, 6.07) is 0.563. The topological polar surface area (TPSA) is 32.3 Å². The maximum atomic E-state index is 8.64. The van der Waals surface area contributed by atoms with Crippen molar-refractivity contribution >= 4 is 0 Å². The zero-order valence-corrected chi connectivity index (χ0v) is 7.56. The van der Waals surface area contributed by atoms with Crippen LogP contribution in [0.3, 0.4) is 0 Å². The highest BCUT2D eigenvalue weighted by atomic mass is 16.3. The monoisotopic (exact) mass is 157 g/mol. The summed E-state index contributed by atoms with van der Waals surface area (Å²) in [5.41, 5.74) is 0.535. The van der Waals surface area contributed by atoms with Gasteiger partial charge < -0.3 is 5.11 Å². The number of aliphatic hydroxyl groups excluding tert-OH is 1. The second-order valence-corrected chi connectivity index (χ2v) is 4.30. The Morgan fingerprint density at radius 1 is 1.36 bits per heavy atom. The first kappa shape index (κ1) is 9.01. The standard InChI is InChI=1S/C9H19NO/c1-9(2)5-3-8(4-6-9)10-7-11/h8,10-11H,3-7H2,1-2H3. The average molecular weight is 157 g/mol. The van der Waals surface area contributed by atoms with Gasteiger partial charge in [-0.3, -0.25) is 5.32 Å². The van der Waals surface area contributed by atoms with Crippen LogP contribution in [0.5, 0.6) is 0 Å². The molecule has 2 N–H and O–H groups in total. The van der Waals surface area contributed by atoms with E-state index in [4.69, 9.17) is 5.11 Å². The zero-order valence-electron chi connectivity index (χ0n) is 7.56. The molecule has 1 saturated carbocycles. The van der Waals surface area contributed by atoms with Gasteiger partial charge >= 0.3 is 0 Å². The first-order valence-corrected chi connectivity index (χ1v) is 4.48. The summed E-state index contributed by atoms with van der Waals surface area (Å²) in [6.07, 6.45) is 5.00. The normalized spacial score (nSPS) is 25.4. The molecular weight excluding hydrogens is 138 g/mol. The van der Waals surface area contributed by atoms with Crippen molar-refractivity contribution < 1.29 is 5.11 Å². The molecule has 0 bridgehead atoms. The van der Waals surface area contributed by atoms with Gasteiger partial charge in [0, 0.05) is 6.04 Å². The fraction of sp³-hybridized carbons (Fsp3) is 1.00. The minimum Gasteiger partial charge on any atom is -0.381 e. The van der Waals surface area contributed by atoms with Gasteiger partial charge in [-0.25, -0.2) is 0 Å². The highest BCUT2D eigenvalue weighted by molar-refractivity contribution is 4.81. The van der Waals surface area contributed by atoms with E-state index in [0.29, 0.717) is 11.5 Å². The van der Waals surface area contributed by atoms with Crippen LogP contribution in [0, 0.1) is 5.41 Å². The predicted molar refractivity (Wildman–Crippen MR) is 46.3 cm³/mol. The van der Waals surface area contributed by atoms with Crippen molar-refractivity contribution in [1.29, 1.82) is 0 Å². The third-order valence-corrected chi connectivity index (χ3v) is 2.72. The zero-order chi connectivity index (χ0) is 8.32. The average Bonchev–Trinajstić information content (AvgIpc) is 1.94. The molecular formula is C9H19NO. The molecule has 0 aromatic heterocycles. The minimum absolute atomic E-state index is 0.130. The van der Waals surface area contributed by atoms with Crippen molar-refractivity contribution in [2.75, 3.05) is 6.73 Å². The number of hydrogen-bond donors (Lipinski definition) is 2. The van der Waals surface area contributed by atoms with Crippen LogP contribution in [0.2, 0.25) is 0 Å². The maximum absolute atomic E-state index is 8.64. The van der Waals surface area contributed by atoms with E-state index in [-0.39, 0.29) is 6.73 Å². The molecule has 0 radical (unpaired) electrons. The Morgan fingerprint density at radius 3 is 2.36 bits per heavy atom. The lowest BCUT2D eigenvalue weighted by molar-refractivity contribution is 0.170. The summed E-state index contributed by atoms with van der Waals surface area (Å²) in [5.74, 6) is 0. The third kappa shape index (κ3) is 2.80. The van der Waals surface area contributed by atoms with Gasteiger partial charge in [0.2, 0.25) is 0 Å². The van der Waals surface area contributed by atoms with Crippen molar-refractivity contribution in [3.05, 3.63) is 0 Å². The van der Waals surface area contributed by atoms with Gasteiger partial charge in [-0.1, -0.05) is 13.8 Å². The smallest absolute Gasteiger partial charge is 0.0933 e. The molecule has 0 amide bonds. The van der Waals surface area contributed by atoms with Crippen molar-refractivity contribution in [3.63, 3.8) is 0 Å². The van der Waals surface area contributed by atoms with E-state index in [0.717, 1.165) is 0 Å². The third-order valence-electron chi connectivity index (χ3n) is 2.72. The van der Waals surface area contributed by atoms with E-state index >= 15 is 0 Å². The lowest BCUT2D eigenvalue weighted by Crippen LogP contribution is -2.35. The highest BCUT2D eigenvalue weighted by Crippen LogP contribution is 2.34. The molecule has 1 aliphatic carbocycles. The second kappa shape index (κ2) is 3.55. The quantitative estimate of drug-likeness (QED) is 0.595. The van der Waals surface area contributed by atoms with Crippen LogP contribution >= 0.6 is 0 Å². The SMILES string of the molecule is CC1(C)CCC(NCO)CC1. The maximum Gasteiger partial charge on any atom is 0.0933 e. The molecule has 0 atom stereocenters. The molecule has 11 heavy (non-hydrogen) atoms. The molecule has 0 saturated heterocycles. The van der Waals surface area contributed by atoms with Gasteiger partial charge in [0.1, 0.15) is 0 Å². The molecule has 2 nitrogen and oxygen atoms in total. The van der Waals surface area contributed by atoms with E-state index in [1.165, 1.54) is 25.7 Å². The van der Waals surface area contributed by atoms with E-state index in [2.05, 4.69) is 19.2 Å². The largest absolute Gasteiger partial charge is 0.381 e. The van der Waals surface area contributed by atoms with Gasteiger partial charge in [-0.05, 0) is 31.1 Å². The summed E-state index contributed by atoms with van der Waals surface area (Å²) in [4.78, 5) is 0. The molecule has 1 aliphatic rings. The fourth-order valence-electron chi connectivity index (χ4n) is 1.73. The van der Waals surface area contributed by atoms with Gasteiger partial charge in [0.05, 0.1) is 6.73 Å². The van der Waals surface area contributed by atoms with Gasteiger partial charge in [-0.2, -0.15) is 0 Å². The van der Waals surface area contributed by atoms with E-state index < -0.39 is 0 Å². The Kier molecular flexibility index (Phi) is 2.90. The van der Waals surface area contributed by atoms with Crippen molar-refractivity contribution in [1.82, 2.24) is 5.32 Å². The van der Waals surface area contributed by atoms with Crippen LogP contribution in [0.15, 0.2) is 0 Å². The number of nitrogens with one attached hydrogen (secondary N) is 1. The molecule has 1 rings (SSSR count). The number of rotatable bonds is 2. The summed E-state index contributed by atoms with van der Waals surface area (Å²) >= 11 is 0. The molecule has 0 aliphatic heterocycles. The van der Waals surface area contributed by atoms with Gasteiger partial charge in [0.15, 0.2) is 0 Å². The first-order chi connectivity index (χ1) is 5.14. The Balaban J connectivity index is 2.25. The van der Waals surface area contributed by atoms with Crippen molar-refractivity contribution in [2.24, 2.45) is 5.41 Å². The number of hydrogen-bond acceptors (Lipinski definition) is 2. The Morgan fingerprint density at radius 2 is 1.91 bits per heavy atom. The van der Waals surface area contributed by atoms with E-state index in [9.17, 15) is 0 Å². The van der Waals surface area contributed by atoms with E-state index in [1.54, 1.807) is 0 Å². The summed E-state index contributed by atoms with van der Waals surface area (Å²) in [7, 11) is 0. The van der Waals surface area contributed by atoms with Gasteiger partial charge in [0.25, 0.3) is 0 Å². The van der Waals surface area contributed by atoms with Crippen LogP contribution in [0.4, 0.5) is 0 Å². The van der Waals surface area contributed by atoms with Crippen LogP contribution in [0.25, 0.3) is 0 Å². The van der Waals surface area contributed by atoms with Crippen molar-refractivity contribution in [2.45, 2.75) is 45.6 Å². The molecule has 2 heteroatoms. The first-order valence-electron chi connectivity index (χ1n) is 4.48. The lowest BCUT2D eigenvalue weighted by Gasteiger charge is -2.34. The highest BCUT2D eigenvalue weighted by Gasteiger charge is 2.25. The Hall–Kier alpha value is -0.0800. The predicted octanol–water partition coefficient (Wildman–Crippen LogP) is 1.49. The fourth-order valence-corrected chi connectivity index (χ4v) is 1.73. The van der Waals surface area contributed by atoms with Crippen LogP contribution in [0.1, 0.15) is 39.5 Å².